The molecule has 6 nitrogen and oxygen atoms in total. The van der Waals surface area contributed by atoms with Crippen LogP contribution in [-0.4, -0.2) is 28.8 Å². The zero-order valence-electron chi connectivity index (χ0n) is 16.8. The van der Waals surface area contributed by atoms with E-state index in [-0.39, 0.29) is 17.1 Å². The number of rotatable bonds is 4. The number of pyridine rings is 1. The summed E-state index contributed by atoms with van der Waals surface area (Å²) in [5.74, 6) is -1.63. The highest BCUT2D eigenvalue weighted by molar-refractivity contribution is 6.09. The molecular weight excluding hydrogens is 419 g/mol. The van der Waals surface area contributed by atoms with E-state index in [4.69, 9.17) is 5.73 Å². The average molecular weight is 435 g/mol. The summed E-state index contributed by atoms with van der Waals surface area (Å²) in [6.45, 7) is 0. The Morgan fingerprint density at radius 1 is 1.12 bits per heavy atom. The van der Waals surface area contributed by atoms with Crippen LogP contribution >= 0.6 is 0 Å². The smallest absolute Gasteiger partial charge is 0.280 e. The van der Waals surface area contributed by atoms with Gasteiger partial charge >= 0.3 is 0 Å². The molecule has 1 amide bonds. The number of amides is 1. The zero-order chi connectivity index (χ0) is 23.0. The zero-order valence-corrected chi connectivity index (χ0v) is 16.8. The predicted octanol–water partition coefficient (Wildman–Crippen LogP) is 3.73. The highest BCUT2D eigenvalue weighted by Gasteiger charge is 2.51. The van der Waals surface area contributed by atoms with E-state index < -0.39 is 29.4 Å². The summed E-state index contributed by atoms with van der Waals surface area (Å²) < 4.78 is 41.9. The lowest BCUT2D eigenvalue weighted by atomic mass is 9.81. The SMILES string of the molecule is CN1C(=O)C(c2ccnc(C(F)F)c2)(c2cc(-c3cccc(C#N)c3)ccc2F)N=C1N. The number of halogens is 3. The fraction of sp³-hybridized carbons (Fsp3) is 0.130. The summed E-state index contributed by atoms with van der Waals surface area (Å²) in [7, 11) is 1.37. The van der Waals surface area contributed by atoms with Gasteiger partial charge in [0.25, 0.3) is 12.3 Å². The van der Waals surface area contributed by atoms with Crippen LogP contribution in [-0.2, 0) is 10.3 Å². The van der Waals surface area contributed by atoms with E-state index in [1.807, 2.05) is 6.07 Å². The first-order chi connectivity index (χ1) is 15.3. The number of carbonyl (C=O) groups is 1. The minimum absolute atomic E-state index is 0.0157. The third-order valence-electron chi connectivity index (χ3n) is 5.34. The Kier molecular flexibility index (Phi) is 5.14. The van der Waals surface area contributed by atoms with Crippen molar-refractivity contribution in [3.8, 4) is 17.2 Å². The van der Waals surface area contributed by atoms with Crippen molar-refractivity contribution in [3.05, 3.63) is 89.0 Å². The van der Waals surface area contributed by atoms with Crippen LogP contribution in [0.25, 0.3) is 11.1 Å². The molecule has 1 aromatic heterocycles. The standard InChI is InChI=1S/C23H16F3N5O/c1-31-21(32)23(30-22(31)28,16-7-8-29-19(11-16)20(25)26)17-10-15(5-6-18(17)24)14-4-2-3-13(9-14)12-27/h2-11,20H,1H3,(H2,28,30). The van der Waals surface area contributed by atoms with E-state index >= 15 is 4.39 Å². The quantitative estimate of drug-likeness (QED) is 0.676. The van der Waals surface area contributed by atoms with E-state index in [0.29, 0.717) is 16.7 Å². The molecule has 1 aliphatic heterocycles. The van der Waals surface area contributed by atoms with Gasteiger partial charge in [0, 0.05) is 18.8 Å². The molecule has 0 spiro atoms. The van der Waals surface area contributed by atoms with Crippen molar-refractivity contribution in [1.82, 2.24) is 9.88 Å². The summed E-state index contributed by atoms with van der Waals surface area (Å²) in [5.41, 5.74) is 4.70. The second-order valence-electron chi connectivity index (χ2n) is 7.20. The lowest BCUT2D eigenvalue weighted by Gasteiger charge is -2.27. The highest BCUT2D eigenvalue weighted by atomic mass is 19.3. The van der Waals surface area contributed by atoms with Gasteiger partial charge in [0.15, 0.2) is 11.5 Å². The van der Waals surface area contributed by atoms with E-state index in [2.05, 4.69) is 9.98 Å². The number of hydrogen-bond acceptors (Lipinski definition) is 5. The summed E-state index contributed by atoms with van der Waals surface area (Å²) in [6, 6.07) is 15.1. The number of carbonyl (C=O) groups excluding carboxylic acids is 1. The molecule has 4 rings (SSSR count). The number of nitrogens with zero attached hydrogens (tertiary/aromatic N) is 4. The molecule has 1 unspecified atom stereocenters. The van der Waals surface area contributed by atoms with E-state index in [9.17, 15) is 18.8 Å². The molecule has 2 heterocycles. The van der Waals surface area contributed by atoms with Crippen LogP contribution < -0.4 is 5.73 Å². The van der Waals surface area contributed by atoms with Crippen LogP contribution in [0.5, 0.6) is 0 Å². The molecule has 0 aliphatic carbocycles. The second-order valence-corrected chi connectivity index (χ2v) is 7.20. The molecule has 32 heavy (non-hydrogen) atoms. The van der Waals surface area contributed by atoms with Crippen molar-refractivity contribution in [1.29, 1.82) is 5.26 Å². The maximum Gasteiger partial charge on any atom is 0.280 e. The van der Waals surface area contributed by atoms with Gasteiger partial charge in [-0.05, 0) is 53.1 Å². The Hall–Kier alpha value is -4.19. The summed E-state index contributed by atoms with van der Waals surface area (Å²) >= 11 is 0. The van der Waals surface area contributed by atoms with Gasteiger partial charge in [-0.15, -0.1) is 0 Å². The molecule has 1 atom stereocenters. The first-order valence-electron chi connectivity index (χ1n) is 9.46. The Labute approximate surface area is 181 Å². The number of nitrogens with two attached hydrogens (primary N) is 1. The Morgan fingerprint density at radius 2 is 1.88 bits per heavy atom. The number of alkyl halides is 2. The molecule has 0 radical (unpaired) electrons. The maximum absolute atomic E-state index is 15.2. The number of aromatic nitrogens is 1. The largest absolute Gasteiger partial charge is 0.369 e. The number of hydrogen-bond donors (Lipinski definition) is 1. The van der Waals surface area contributed by atoms with Crippen LogP contribution in [0.4, 0.5) is 13.2 Å². The van der Waals surface area contributed by atoms with Crippen LogP contribution in [0, 0.1) is 17.1 Å². The van der Waals surface area contributed by atoms with E-state index in [1.165, 1.54) is 25.2 Å². The number of nitriles is 1. The van der Waals surface area contributed by atoms with Crippen molar-refractivity contribution in [3.63, 3.8) is 0 Å². The van der Waals surface area contributed by atoms with Gasteiger partial charge in [-0.25, -0.2) is 18.2 Å². The van der Waals surface area contributed by atoms with Gasteiger partial charge in [0.2, 0.25) is 0 Å². The average Bonchev–Trinajstić information content (AvgIpc) is 3.04. The Morgan fingerprint density at radius 3 is 2.53 bits per heavy atom. The number of aliphatic imine (C=N–C) groups is 1. The van der Waals surface area contributed by atoms with Crippen molar-refractivity contribution < 1.29 is 18.0 Å². The molecule has 1 aliphatic rings. The molecular formula is C23H16F3N5O. The van der Waals surface area contributed by atoms with Crippen molar-refractivity contribution in [2.24, 2.45) is 10.7 Å². The van der Waals surface area contributed by atoms with Crippen molar-refractivity contribution in [2.45, 2.75) is 12.0 Å². The number of benzene rings is 2. The van der Waals surface area contributed by atoms with Gasteiger partial charge < -0.3 is 5.73 Å². The van der Waals surface area contributed by atoms with Crippen molar-refractivity contribution in [2.75, 3.05) is 7.05 Å². The molecule has 3 aromatic rings. The lowest BCUT2D eigenvalue weighted by molar-refractivity contribution is -0.129. The van der Waals surface area contributed by atoms with Gasteiger partial charge in [-0.3, -0.25) is 14.7 Å². The molecule has 9 heteroatoms. The highest BCUT2D eigenvalue weighted by Crippen LogP contribution is 2.42. The van der Waals surface area contributed by atoms with Crippen LogP contribution in [0.3, 0.4) is 0 Å². The lowest BCUT2D eigenvalue weighted by Crippen LogP contribution is -2.41. The van der Waals surface area contributed by atoms with Gasteiger partial charge in [0.1, 0.15) is 11.5 Å². The normalized spacial score (nSPS) is 18.1. The topological polar surface area (TPSA) is 95.4 Å². The predicted molar refractivity (Wildman–Crippen MR) is 111 cm³/mol. The monoisotopic (exact) mass is 435 g/mol. The molecule has 0 saturated heterocycles. The minimum atomic E-state index is -2.90. The van der Waals surface area contributed by atoms with E-state index in [0.717, 1.165) is 23.2 Å². The maximum atomic E-state index is 15.2. The molecule has 0 bridgehead atoms. The van der Waals surface area contributed by atoms with Crippen LogP contribution in [0.2, 0.25) is 0 Å². The fourth-order valence-corrected chi connectivity index (χ4v) is 3.70. The first kappa shape index (κ1) is 21.1. The number of likely N-dealkylation sites (N-methyl/N-ethyl adjacent to an activating group) is 1. The molecule has 2 N–H and O–H groups in total. The van der Waals surface area contributed by atoms with Gasteiger partial charge in [-0.1, -0.05) is 18.2 Å². The third kappa shape index (κ3) is 3.26. The minimum Gasteiger partial charge on any atom is -0.369 e. The number of guanidine groups is 1. The Balaban J connectivity index is 1.99. The molecule has 0 saturated carbocycles. The molecule has 160 valence electrons. The van der Waals surface area contributed by atoms with Crippen LogP contribution in [0.15, 0.2) is 65.8 Å². The fourth-order valence-electron chi connectivity index (χ4n) is 3.70. The van der Waals surface area contributed by atoms with Crippen molar-refractivity contribution >= 4 is 11.9 Å². The summed E-state index contributed by atoms with van der Waals surface area (Å²) in [6.07, 6.45) is -1.78. The first-order valence-corrected chi connectivity index (χ1v) is 9.46. The molecule has 2 aromatic carbocycles. The van der Waals surface area contributed by atoms with Gasteiger partial charge in [0.05, 0.1) is 11.6 Å². The van der Waals surface area contributed by atoms with Gasteiger partial charge in [-0.2, -0.15) is 5.26 Å². The summed E-state index contributed by atoms with van der Waals surface area (Å²) in [5, 5.41) is 9.17. The molecule has 0 fully saturated rings. The third-order valence-corrected chi connectivity index (χ3v) is 5.34. The Bertz CT molecular complexity index is 1300. The second kappa shape index (κ2) is 7.81. The van der Waals surface area contributed by atoms with E-state index in [1.54, 1.807) is 24.3 Å². The van der Waals surface area contributed by atoms with Crippen LogP contribution in [0.1, 0.15) is 28.8 Å². The summed E-state index contributed by atoms with van der Waals surface area (Å²) in [4.78, 5) is 22.3.